The molecule has 3 N–H and O–H groups in total. The van der Waals surface area contributed by atoms with E-state index in [0.717, 1.165) is 31.3 Å². The van der Waals surface area contributed by atoms with Crippen LogP contribution in [0.4, 0.5) is 4.39 Å². The SMILES string of the molecule is CC(=O)O[C@H]1C[C@@]2(C)[C@@H](C[C@@H](O)[C@H]3[C@@]4(C)CC[C@@H](O)[C@@H](C)[C@@H]4CC[C@@]32C)/C1=C(\CCC=C(C)C)C(=O)[O-].CCCC(=O)O[C@]1(C(=O)CCl)[C@@H](C)C[C@H]2[C@@H]3CCC4=CC(=O)C=C[C@]4(C)[C@@]3(F)[C@@H](O)C[C@@]21C.[Na+]. The number of hydrogen-bond donors (Lipinski definition) is 3. The van der Waals surface area contributed by atoms with Crippen molar-refractivity contribution in [1.82, 2.24) is 0 Å². The van der Waals surface area contributed by atoms with Crippen LogP contribution in [0.3, 0.4) is 0 Å². The number of ketones is 2. The third kappa shape index (κ3) is 8.88. The largest absolute Gasteiger partial charge is 1.00 e. The van der Waals surface area contributed by atoms with Crippen LogP contribution in [-0.2, 0) is 33.4 Å². The molecule has 8 aliphatic rings. The standard InChI is InChI=1S/C31H48O6.C26H34ClFO5.Na/c1-17(2)9-8-10-20(28(35)36)26-22-15-24(34)27-29(5)13-12-23(33)18(3)21(29)11-14-30(27,6)31(22,7)16-25(26)37-19(4)32;1-5-6-22(32)33-26(21(31)14-27)15(2)11-19-18-8-7-16-12-17(29)9-10-23(16,3)25(18,28)20(30)13-24(19,26)4;/h9,18,21-25,27,33-34H,8,10-16H2,1-7H3,(H,35,36);9-10,12,15,18-20,30H,5-8,11,13-14H2,1-4H3;/q;;+1/p-1/b26-20-;;/t18-,21-,22-,23+,24+,25-,27-,29-,30-,31-;15-,18-,19-,20-,23-,24-,25-,26-;/m00./s1. The van der Waals surface area contributed by atoms with Crippen molar-refractivity contribution in [2.45, 2.75) is 202 Å². The Hall–Kier alpha value is -2.19. The van der Waals surface area contributed by atoms with Crippen LogP contribution >= 0.6 is 11.6 Å². The Morgan fingerprint density at radius 2 is 1.56 bits per heavy atom. The van der Waals surface area contributed by atoms with Gasteiger partial charge in [-0.2, -0.15) is 0 Å². The van der Waals surface area contributed by atoms with E-state index < -0.39 is 64.2 Å². The van der Waals surface area contributed by atoms with Gasteiger partial charge in [0.25, 0.3) is 0 Å². The maximum Gasteiger partial charge on any atom is 1.00 e. The van der Waals surface area contributed by atoms with Crippen molar-refractivity contribution in [3.63, 3.8) is 0 Å². The van der Waals surface area contributed by atoms with Crippen LogP contribution in [0.15, 0.2) is 46.6 Å². The molecule has 0 heterocycles. The molecule has 0 saturated heterocycles. The monoisotopic (exact) mass is 1020 g/mol. The minimum absolute atomic E-state index is 0. The van der Waals surface area contributed by atoms with Crippen molar-refractivity contribution in [2.24, 2.45) is 68.5 Å². The smallest absolute Gasteiger partial charge is 0.545 e. The van der Waals surface area contributed by atoms with E-state index in [1.165, 1.54) is 19.1 Å². The van der Waals surface area contributed by atoms with Gasteiger partial charge >= 0.3 is 41.5 Å². The number of carboxylic acid groups (broad SMARTS) is 1. The fraction of sp³-hybridized carbons (Fsp3) is 0.772. The number of rotatable bonds is 10. The van der Waals surface area contributed by atoms with Gasteiger partial charge in [0.1, 0.15) is 6.10 Å². The molecule has 18 atom stereocenters. The average molecular weight is 1020 g/mol. The number of ether oxygens (including phenoxy) is 2. The summed E-state index contributed by atoms with van der Waals surface area (Å²) in [7, 11) is 0. The molecule has 14 heteroatoms. The van der Waals surface area contributed by atoms with Crippen molar-refractivity contribution in [2.75, 3.05) is 5.88 Å². The number of esters is 2. The zero-order chi connectivity index (χ0) is 51.9. The Morgan fingerprint density at radius 1 is 0.887 bits per heavy atom. The molecule has 0 unspecified atom stereocenters. The van der Waals surface area contributed by atoms with Crippen LogP contribution < -0.4 is 34.7 Å². The van der Waals surface area contributed by atoms with E-state index in [1.807, 2.05) is 40.7 Å². The van der Waals surface area contributed by atoms with Gasteiger partial charge in [-0.15, -0.1) is 11.6 Å². The van der Waals surface area contributed by atoms with E-state index in [4.69, 9.17) is 21.1 Å². The first-order valence-corrected chi connectivity index (χ1v) is 26.9. The fourth-order valence-electron chi connectivity index (χ4n) is 17.7. The molecule has 0 bridgehead atoms. The first kappa shape index (κ1) is 58.1. The van der Waals surface area contributed by atoms with Crippen molar-refractivity contribution in [3.8, 4) is 0 Å². The van der Waals surface area contributed by atoms with Gasteiger partial charge in [0.05, 0.1) is 30.2 Å². The first-order chi connectivity index (χ1) is 32.6. The first-order valence-electron chi connectivity index (χ1n) is 26.3. The summed E-state index contributed by atoms with van der Waals surface area (Å²) < 4.78 is 29.1. The molecule has 71 heavy (non-hydrogen) atoms. The van der Waals surface area contributed by atoms with E-state index in [-0.39, 0.29) is 117 Å². The topological polar surface area (TPSA) is 188 Å². The molecular formula is C57H81ClFNaO11. The molecule has 0 aromatic heterocycles. The average Bonchev–Trinajstić information content (AvgIpc) is 3.67. The Morgan fingerprint density at radius 3 is 2.17 bits per heavy atom. The molecule has 11 nitrogen and oxygen atoms in total. The van der Waals surface area contributed by atoms with Gasteiger partial charge < -0.3 is 34.7 Å². The predicted molar refractivity (Wildman–Crippen MR) is 262 cm³/mol. The Bertz CT molecular complexity index is 2260. The van der Waals surface area contributed by atoms with Gasteiger partial charge in [-0.05, 0) is 173 Å². The number of carbonyl (C=O) groups is 5. The normalized spacial score (nSPS) is 45.5. The van der Waals surface area contributed by atoms with Gasteiger partial charge in [-0.25, -0.2) is 4.39 Å². The summed E-state index contributed by atoms with van der Waals surface area (Å²) in [5, 5.41) is 46.5. The molecular weight excluding hydrogens is 938 g/mol. The van der Waals surface area contributed by atoms with E-state index >= 15 is 4.39 Å². The zero-order valence-corrected chi connectivity index (χ0v) is 47.4. The number of alkyl halides is 2. The fourth-order valence-corrected chi connectivity index (χ4v) is 17.9. The van der Waals surface area contributed by atoms with Crippen LogP contribution in [0.5, 0.6) is 0 Å². The Kier molecular flexibility index (Phi) is 17.0. The zero-order valence-electron chi connectivity index (χ0n) is 44.6. The summed E-state index contributed by atoms with van der Waals surface area (Å²) in [6.07, 6.45) is 11.3. The van der Waals surface area contributed by atoms with Gasteiger partial charge in [0.15, 0.2) is 22.8 Å². The van der Waals surface area contributed by atoms with Crippen molar-refractivity contribution in [3.05, 3.63) is 46.6 Å². The summed E-state index contributed by atoms with van der Waals surface area (Å²) in [5.41, 5.74) is -3.52. The van der Waals surface area contributed by atoms with Gasteiger partial charge in [-0.3, -0.25) is 19.2 Å². The number of aliphatic carboxylic acids is 1. The van der Waals surface area contributed by atoms with Gasteiger partial charge in [0, 0.05) is 36.0 Å². The molecule has 8 rings (SSSR count). The third-order valence-electron chi connectivity index (χ3n) is 21.0. The van der Waals surface area contributed by atoms with E-state index in [1.54, 1.807) is 13.0 Å². The summed E-state index contributed by atoms with van der Waals surface area (Å²) in [5.74, 6) is -3.78. The number of hydrogen-bond acceptors (Lipinski definition) is 11. The molecule has 0 radical (unpaired) electrons. The second-order valence-electron chi connectivity index (χ2n) is 24.5. The molecule has 0 spiro atoms. The molecule has 390 valence electrons. The number of fused-ring (bicyclic) bond motifs is 10. The van der Waals surface area contributed by atoms with Crippen molar-refractivity contribution < 1.29 is 87.8 Å². The minimum atomic E-state index is -1.99. The number of carbonyl (C=O) groups excluding carboxylic acids is 5. The van der Waals surface area contributed by atoms with Gasteiger partial charge in [-0.1, -0.05) is 71.8 Å². The maximum absolute atomic E-state index is 17.2. The second kappa shape index (κ2) is 20.7. The van der Waals surface area contributed by atoms with Crippen LogP contribution in [0.25, 0.3) is 0 Å². The maximum atomic E-state index is 17.2. The molecule has 0 aromatic rings. The molecule has 7 saturated carbocycles. The number of halogens is 2. The molecule has 8 aliphatic carbocycles. The van der Waals surface area contributed by atoms with Crippen molar-refractivity contribution >= 4 is 41.1 Å². The summed E-state index contributed by atoms with van der Waals surface area (Å²) in [6.45, 7) is 21.7. The quantitative estimate of drug-likeness (QED) is 0.0786. The van der Waals surface area contributed by atoms with E-state index in [0.29, 0.717) is 68.4 Å². The number of Topliss-reactive ketones (excluding diaryl/α,β-unsaturated/α-hetero) is 1. The van der Waals surface area contributed by atoms with E-state index in [2.05, 4.69) is 27.7 Å². The number of aliphatic hydroxyl groups excluding tert-OH is 3. The predicted octanol–water partition coefficient (Wildman–Crippen LogP) is 5.83. The summed E-state index contributed by atoms with van der Waals surface area (Å²) in [6, 6.07) is 0. The van der Waals surface area contributed by atoms with Crippen molar-refractivity contribution in [1.29, 1.82) is 0 Å². The molecule has 0 aromatic carbocycles. The second-order valence-corrected chi connectivity index (χ2v) is 24.8. The number of allylic oxidation sites excluding steroid dienone is 6. The Balaban J connectivity index is 0.000000231. The number of aliphatic hydroxyl groups is 3. The van der Waals surface area contributed by atoms with Crippen LogP contribution in [0.1, 0.15) is 166 Å². The third-order valence-corrected chi connectivity index (χ3v) is 21.2. The molecule has 0 amide bonds. The summed E-state index contributed by atoms with van der Waals surface area (Å²) >= 11 is 6.04. The Labute approximate surface area is 448 Å². The number of carboxylic acids is 1. The van der Waals surface area contributed by atoms with Crippen LogP contribution in [0.2, 0.25) is 0 Å². The minimum Gasteiger partial charge on any atom is -0.545 e. The van der Waals surface area contributed by atoms with Crippen LogP contribution in [-0.4, -0.2) is 86.4 Å². The summed E-state index contributed by atoms with van der Waals surface area (Å²) in [4.78, 5) is 62.7. The molecule has 7 fully saturated rings. The molecule has 0 aliphatic heterocycles. The van der Waals surface area contributed by atoms with Gasteiger partial charge in [0.2, 0.25) is 0 Å². The van der Waals surface area contributed by atoms with E-state index in [9.17, 15) is 44.4 Å². The van der Waals surface area contributed by atoms with Crippen LogP contribution in [0, 0.1) is 68.5 Å².